The summed E-state index contributed by atoms with van der Waals surface area (Å²) in [5.74, 6) is -0.0859. The molecule has 1 N–H and O–H groups in total. The Morgan fingerprint density at radius 3 is 2.69 bits per heavy atom. The third kappa shape index (κ3) is 5.18. The third-order valence-electron chi connectivity index (χ3n) is 4.81. The van der Waals surface area contributed by atoms with Crippen LogP contribution in [-0.2, 0) is 4.79 Å². The number of benzene rings is 2. The fourth-order valence-corrected chi connectivity index (χ4v) is 3.84. The number of methoxy groups -OCH3 is 1. The van der Waals surface area contributed by atoms with Crippen molar-refractivity contribution in [2.24, 2.45) is 5.10 Å². The van der Waals surface area contributed by atoms with Crippen molar-refractivity contribution in [1.29, 1.82) is 0 Å². The molecule has 0 aliphatic rings. The molecule has 0 aliphatic heterocycles. The van der Waals surface area contributed by atoms with Gasteiger partial charge in [0.05, 0.1) is 24.2 Å². The van der Waals surface area contributed by atoms with E-state index in [1.807, 2.05) is 19.9 Å². The summed E-state index contributed by atoms with van der Waals surface area (Å²) in [5.41, 5.74) is 0.723. The van der Waals surface area contributed by atoms with Gasteiger partial charge in [-0.2, -0.15) is 9.78 Å². The zero-order chi connectivity index (χ0) is 23.4. The summed E-state index contributed by atoms with van der Waals surface area (Å²) in [6, 6.07) is 8.68. The average Bonchev–Trinajstić information content (AvgIpc) is 2.76. The number of ether oxygens (including phenoxy) is 2. The van der Waals surface area contributed by atoms with E-state index in [-0.39, 0.29) is 17.2 Å². The van der Waals surface area contributed by atoms with Crippen molar-refractivity contribution in [1.82, 2.24) is 9.66 Å². The number of carbonyl (C=O) groups is 1. The van der Waals surface area contributed by atoms with Gasteiger partial charge in [0, 0.05) is 20.4 Å². The smallest absolute Gasteiger partial charge is 0.341 e. The maximum absolute atomic E-state index is 13.3. The minimum Gasteiger partial charge on any atom is -0.493 e. The summed E-state index contributed by atoms with van der Waals surface area (Å²) in [7, 11) is 1.45. The van der Waals surface area contributed by atoms with Crippen LogP contribution < -0.4 is 15.0 Å². The maximum atomic E-state index is 13.3. The fourth-order valence-electron chi connectivity index (χ4n) is 3.02. The minimum atomic E-state index is -1.13. The van der Waals surface area contributed by atoms with E-state index >= 15 is 0 Å². The maximum Gasteiger partial charge on any atom is 0.341 e. The Bertz CT molecular complexity index is 1260. The molecule has 2 aromatic carbocycles. The van der Waals surface area contributed by atoms with Crippen molar-refractivity contribution in [3.05, 3.63) is 61.0 Å². The Balaban J connectivity index is 2.19. The van der Waals surface area contributed by atoms with Gasteiger partial charge in [-0.25, -0.2) is 9.78 Å². The molecule has 1 atom stereocenters. The SMILES string of the molecule is CC[C@@H](C)c1nc2ccc(Br)cc2c(=O)n1N=Cc1cc(Br)cc(OC)c1OCC(=O)O. The Hall–Kier alpha value is -2.72. The molecule has 0 spiro atoms. The number of hydrogen-bond donors (Lipinski definition) is 1. The topological polar surface area (TPSA) is 103 Å². The van der Waals surface area contributed by atoms with Crippen molar-refractivity contribution >= 4 is 54.9 Å². The lowest BCUT2D eigenvalue weighted by molar-refractivity contribution is -0.139. The van der Waals surface area contributed by atoms with Gasteiger partial charge < -0.3 is 14.6 Å². The van der Waals surface area contributed by atoms with Crippen LogP contribution in [0.2, 0.25) is 0 Å². The van der Waals surface area contributed by atoms with Crippen molar-refractivity contribution in [2.75, 3.05) is 13.7 Å². The Labute approximate surface area is 201 Å². The molecule has 1 aromatic heterocycles. The highest BCUT2D eigenvalue weighted by Crippen LogP contribution is 2.34. The number of carboxylic acids is 1. The standard InChI is InChI=1S/C22H21Br2N3O5/c1-4-12(2)21-26-17-6-5-14(23)8-16(17)22(30)27(21)25-10-13-7-15(24)9-18(31-3)20(13)32-11-19(28)29/h5-10,12H,4,11H2,1-3H3,(H,28,29)/t12-/m1/s1. The molecule has 0 amide bonds. The first-order valence-electron chi connectivity index (χ1n) is 9.73. The number of hydrogen-bond acceptors (Lipinski definition) is 6. The van der Waals surface area contributed by atoms with Crippen LogP contribution in [0.4, 0.5) is 0 Å². The van der Waals surface area contributed by atoms with Crippen molar-refractivity contribution in [3.8, 4) is 11.5 Å². The molecule has 0 saturated heterocycles. The second-order valence-electron chi connectivity index (χ2n) is 7.01. The number of aliphatic carboxylic acids is 1. The Morgan fingerprint density at radius 2 is 2.03 bits per heavy atom. The van der Waals surface area contributed by atoms with E-state index < -0.39 is 12.6 Å². The van der Waals surface area contributed by atoms with Crippen LogP contribution in [0.15, 0.2) is 49.2 Å². The van der Waals surface area contributed by atoms with E-state index in [4.69, 9.17) is 14.6 Å². The van der Waals surface area contributed by atoms with Gasteiger partial charge in [-0.15, -0.1) is 0 Å². The molecular formula is C22H21Br2N3O5. The average molecular weight is 567 g/mol. The second-order valence-corrected chi connectivity index (χ2v) is 8.84. The minimum absolute atomic E-state index is 0.0207. The molecule has 32 heavy (non-hydrogen) atoms. The van der Waals surface area contributed by atoms with E-state index in [2.05, 4.69) is 41.9 Å². The number of fused-ring (bicyclic) bond motifs is 1. The van der Waals surface area contributed by atoms with Gasteiger partial charge in [0.2, 0.25) is 0 Å². The van der Waals surface area contributed by atoms with Crippen molar-refractivity contribution in [2.45, 2.75) is 26.2 Å². The van der Waals surface area contributed by atoms with Gasteiger partial charge in [-0.1, -0.05) is 45.7 Å². The molecule has 0 bridgehead atoms. The lowest BCUT2D eigenvalue weighted by Gasteiger charge is -2.15. The number of rotatable bonds is 8. The molecule has 0 saturated carbocycles. The van der Waals surface area contributed by atoms with Gasteiger partial charge in [0.1, 0.15) is 5.82 Å². The van der Waals surface area contributed by atoms with Crippen LogP contribution in [0.3, 0.4) is 0 Å². The lowest BCUT2D eigenvalue weighted by Crippen LogP contribution is -2.23. The largest absolute Gasteiger partial charge is 0.493 e. The first-order valence-corrected chi connectivity index (χ1v) is 11.3. The summed E-state index contributed by atoms with van der Waals surface area (Å²) >= 11 is 6.79. The summed E-state index contributed by atoms with van der Waals surface area (Å²) in [6.45, 7) is 3.43. The zero-order valence-electron chi connectivity index (χ0n) is 17.6. The van der Waals surface area contributed by atoms with Crippen molar-refractivity contribution in [3.63, 3.8) is 0 Å². The predicted octanol–water partition coefficient (Wildman–Crippen LogP) is 4.79. The number of nitrogens with zero attached hydrogens (tertiary/aromatic N) is 3. The van der Waals surface area contributed by atoms with Crippen LogP contribution in [-0.4, -0.2) is 40.7 Å². The highest BCUT2D eigenvalue weighted by molar-refractivity contribution is 9.10. The summed E-state index contributed by atoms with van der Waals surface area (Å²) in [6.07, 6.45) is 2.20. The fraction of sp³-hybridized carbons (Fsp3) is 0.273. The highest BCUT2D eigenvalue weighted by Gasteiger charge is 2.17. The van der Waals surface area contributed by atoms with Gasteiger partial charge in [-0.3, -0.25) is 4.79 Å². The highest BCUT2D eigenvalue weighted by atomic mass is 79.9. The number of carboxylic acid groups (broad SMARTS) is 1. The lowest BCUT2D eigenvalue weighted by atomic mass is 10.1. The molecule has 168 valence electrons. The van der Waals surface area contributed by atoms with Crippen LogP contribution in [0.5, 0.6) is 11.5 Å². The molecule has 0 radical (unpaired) electrons. The summed E-state index contributed by atoms with van der Waals surface area (Å²) in [5, 5.41) is 13.9. The van der Waals surface area contributed by atoms with Crippen molar-refractivity contribution < 1.29 is 19.4 Å². The molecule has 0 unspecified atom stereocenters. The number of aromatic nitrogens is 2. The van der Waals surface area contributed by atoms with Crippen LogP contribution >= 0.6 is 31.9 Å². The molecular weight excluding hydrogens is 546 g/mol. The van der Waals surface area contributed by atoms with E-state index in [0.29, 0.717) is 32.5 Å². The first-order chi connectivity index (χ1) is 15.2. The van der Waals surface area contributed by atoms with E-state index in [9.17, 15) is 9.59 Å². The monoisotopic (exact) mass is 565 g/mol. The van der Waals surface area contributed by atoms with Crippen LogP contribution in [0, 0.1) is 0 Å². The molecule has 3 aromatic rings. The second kappa shape index (κ2) is 10.3. The van der Waals surface area contributed by atoms with Gasteiger partial charge in [0.15, 0.2) is 18.1 Å². The van der Waals surface area contributed by atoms with E-state index in [1.165, 1.54) is 18.0 Å². The Morgan fingerprint density at radius 1 is 1.28 bits per heavy atom. The van der Waals surface area contributed by atoms with Gasteiger partial charge >= 0.3 is 5.97 Å². The van der Waals surface area contributed by atoms with Gasteiger partial charge in [0.25, 0.3) is 5.56 Å². The van der Waals surface area contributed by atoms with E-state index in [0.717, 1.165) is 10.9 Å². The zero-order valence-corrected chi connectivity index (χ0v) is 20.8. The van der Waals surface area contributed by atoms with Crippen LogP contribution in [0.25, 0.3) is 10.9 Å². The summed E-state index contributed by atoms with van der Waals surface area (Å²) < 4.78 is 13.5. The molecule has 0 aliphatic carbocycles. The summed E-state index contributed by atoms with van der Waals surface area (Å²) in [4.78, 5) is 29.0. The Kier molecular flexibility index (Phi) is 7.68. The predicted molar refractivity (Wildman–Crippen MR) is 129 cm³/mol. The normalized spacial score (nSPS) is 12.3. The first kappa shape index (κ1) is 23.9. The number of halogens is 2. The molecule has 0 fully saturated rings. The van der Waals surface area contributed by atoms with Crippen LogP contribution in [0.1, 0.15) is 37.6 Å². The molecule has 3 rings (SSSR count). The molecule has 8 nitrogen and oxygen atoms in total. The van der Waals surface area contributed by atoms with E-state index in [1.54, 1.807) is 24.3 Å². The molecule has 1 heterocycles. The quantitative estimate of drug-likeness (QED) is 0.393. The third-order valence-corrected chi connectivity index (χ3v) is 5.76. The molecule has 10 heteroatoms. The van der Waals surface area contributed by atoms with Gasteiger partial charge in [-0.05, 0) is 36.8 Å².